The lowest BCUT2D eigenvalue weighted by atomic mass is 10.0. The second kappa shape index (κ2) is 6.38. The van der Waals surface area contributed by atoms with Crippen molar-refractivity contribution in [1.29, 1.82) is 0 Å². The molecule has 2 aromatic rings. The Balaban J connectivity index is 2.11. The number of carbonyl (C=O) groups is 1. The minimum absolute atomic E-state index is 0.0163. The van der Waals surface area contributed by atoms with Crippen LogP contribution in [0.4, 0.5) is 0 Å². The van der Waals surface area contributed by atoms with E-state index < -0.39 is 0 Å². The molecule has 2 aromatic carbocycles. The highest BCUT2D eigenvalue weighted by Crippen LogP contribution is 2.18. The molecule has 0 spiro atoms. The molecule has 1 N–H and O–H groups in total. The number of nitrogens with one attached hydrogen (secondary N) is 1. The summed E-state index contributed by atoms with van der Waals surface area (Å²) in [6, 6.07) is 16.0. The average Bonchev–Trinajstić information content (AvgIpc) is 2.46. The van der Waals surface area contributed by atoms with E-state index in [0.717, 1.165) is 17.5 Å². The number of carbonyl (C=O) groups excluding carboxylic acids is 1. The van der Waals surface area contributed by atoms with Crippen LogP contribution in [-0.4, -0.2) is 5.91 Å². The Bertz CT molecular complexity index is 569. The van der Waals surface area contributed by atoms with Gasteiger partial charge in [-0.15, -0.1) is 0 Å². The van der Waals surface area contributed by atoms with E-state index in [2.05, 4.69) is 43.4 Å². The maximum atomic E-state index is 12.3. The van der Waals surface area contributed by atoms with E-state index in [1.165, 1.54) is 5.56 Å². The highest BCUT2D eigenvalue weighted by atomic mass is 16.1. The topological polar surface area (TPSA) is 29.1 Å². The van der Waals surface area contributed by atoms with E-state index in [-0.39, 0.29) is 11.9 Å². The van der Waals surface area contributed by atoms with Crippen LogP contribution in [0.25, 0.3) is 0 Å². The molecule has 0 saturated carbocycles. The number of amides is 1. The van der Waals surface area contributed by atoms with Crippen LogP contribution in [0.5, 0.6) is 0 Å². The lowest BCUT2D eigenvalue weighted by molar-refractivity contribution is 0.0935. The maximum absolute atomic E-state index is 12.3. The van der Waals surface area contributed by atoms with Crippen molar-refractivity contribution in [2.24, 2.45) is 0 Å². The molecule has 0 unspecified atom stereocenters. The SMILES string of the molecule is CC[C@H](NC(=O)c1ccc(C)cc1)c1ccc(C)cc1. The summed E-state index contributed by atoms with van der Waals surface area (Å²) in [5, 5.41) is 3.10. The van der Waals surface area contributed by atoms with Gasteiger partial charge in [-0.25, -0.2) is 0 Å². The van der Waals surface area contributed by atoms with Crippen LogP contribution >= 0.6 is 0 Å². The Morgan fingerprint density at radius 3 is 1.95 bits per heavy atom. The predicted octanol–water partition coefficient (Wildman–Crippen LogP) is 4.18. The molecule has 0 aliphatic rings. The van der Waals surface area contributed by atoms with Crippen LogP contribution in [0.1, 0.15) is 46.4 Å². The van der Waals surface area contributed by atoms with Crippen molar-refractivity contribution in [3.63, 3.8) is 0 Å². The van der Waals surface area contributed by atoms with Crippen LogP contribution in [0, 0.1) is 13.8 Å². The van der Waals surface area contributed by atoms with Crippen molar-refractivity contribution < 1.29 is 4.79 Å². The zero-order valence-corrected chi connectivity index (χ0v) is 12.3. The highest BCUT2D eigenvalue weighted by molar-refractivity contribution is 5.94. The van der Waals surface area contributed by atoms with E-state index in [1.807, 2.05) is 31.2 Å². The molecule has 0 aliphatic heterocycles. The first-order chi connectivity index (χ1) is 9.60. The van der Waals surface area contributed by atoms with Crippen molar-refractivity contribution in [3.8, 4) is 0 Å². The lowest BCUT2D eigenvalue weighted by Gasteiger charge is -2.18. The fourth-order valence-electron chi connectivity index (χ4n) is 2.17. The molecule has 2 nitrogen and oxygen atoms in total. The molecular weight excluding hydrogens is 246 g/mol. The van der Waals surface area contributed by atoms with Gasteiger partial charge in [0.05, 0.1) is 6.04 Å². The monoisotopic (exact) mass is 267 g/mol. The number of benzene rings is 2. The molecule has 0 fully saturated rings. The van der Waals surface area contributed by atoms with Crippen molar-refractivity contribution >= 4 is 5.91 Å². The third-order valence-electron chi connectivity index (χ3n) is 3.51. The average molecular weight is 267 g/mol. The third kappa shape index (κ3) is 3.47. The summed E-state index contributed by atoms with van der Waals surface area (Å²) in [4.78, 5) is 12.3. The lowest BCUT2D eigenvalue weighted by Crippen LogP contribution is -2.28. The highest BCUT2D eigenvalue weighted by Gasteiger charge is 2.13. The molecule has 2 rings (SSSR count). The van der Waals surface area contributed by atoms with Gasteiger partial charge in [-0.2, -0.15) is 0 Å². The van der Waals surface area contributed by atoms with Gasteiger partial charge in [-0.05, 0) is 38.0 Å². The summed E-state index contributed by atoms with van der Waals surface area (Å²) in [7, 11) is 0. The molecule has 1 amide bonds. The number of hydrogen-bond acceptors (Lipinski definition) is 1. The second-order valence-corrected chi connectivity index (χ2v) is 5.21. The quantitative estimate of drug-likeness (QED) is 0.884. The minimum atomic E-state index is -0.0163. The van der Waals surface area contributed by atoms with Gasteiger partial charge in [0.15, 0.2) is 0 Å². The molecule has 0 bridgehead atoms. The van der Waals surface area contributed by atoms with E-state index >= 15 is 0 Å². The Hall–Kier alpha value is -2.09. The van der Waals surface area contributed by atoms with E-state index in [9.17, 15) is 4.79 Å². The first-order valence-corrected chi connectivity index (χ1v) is 7.04. The van der Waals surface area contributed by atoms with Crippen LogP contribution in [0.3, 0.4) is 0 Å². The van der Waals surface area contributed by atoms with Gasteiger partial charge in [0.2, 0.25) is 0 Å². The standard InChI is InChI=1S/C18H21NO/c1-4-17(15-9-5-13(2)6-10-15)19-18(20)16-11-7-14(3)8-12-16/h5-12,17H,4H2,1-3H3,(H,19,20)/t17-/m0/s1. The molecule has 104 valence electrons. The Kier molecular flexibility index (Phi) is 4.57. The number of aryl methyl sites for hydroxylation is 2. The summed E-state index contributed by atoms with van der Waals surface area (Å²) >= 11 is 0. The molecule has 0 heterocycles. The van der Waals surface area contributed by atoms with Gasteiger partial charge in [0, 0.05) is 5.56 Å². The van der Waals surface area contributed by atoms with E-state index in [4.69, 9.17) is 0 Å². The molecule has 20 heavy (non-hydrogen) atoms. The molecule has 0 aromatic heterocycles. The Morgan fingerprint density at radius 2 is 1.45 bits per heavy atom. The second-order valence-electron chi connectivity index (χ2n) is 5.21. The van der Waals surface area contributed by atoms with Gasteiger partial charge >= 0.3 is 0 Å². The summed E-state index contributed by atoms with van der Waals surface area (Å²) in [6.45, 7) is 6.17. The Labute approximate surface area is 120 Å². The number of hydrogen-bond donors (Lipinski definition) is 1. The fourth-order valence-corrected chi connectivity index (χ4v) is 2.17. The summed E-state index contributed by atoms with van der Waals surface area (Å²) in [5.41, 5.74) is 4.25. The van der Waals surface area contributed by atoms with Gasteiger partial charge < -0.3 is 5.32 Å². The van der Waals surface area contributed by atoms with Crippen molar-refractivity contribution in [3.05, 3.63) is 70.8 Å². The van der Waals surface area contributed by atoms with Crippen molar-refractivity contribution in [1.82, 2.24) is 5.32 Å². The maximum Gasteiger partial charge on any atom is 0.251 e. The van der Waals surface area contributed by atoms with E-state index in [1.54, 1.807) is 0 Å². The molecule has 2 heteroatoms. The van der Waals surface area contributed by atoms with Crippen LogP contribution < -0.4 is 5.32 Å². The molecule has 0 saturated heterocycles. The van der Waals surface area contributed by atoms with Crippen LogP contribution in [0.15, 0.2) is 48.5 Å². The number of rotatable bonds is 4. The zero-order valence-electron chi connectivity index (χ0n) is 12.3. The van der Waals surface area contributed by atoms with Gasteiger partial charge in [0.1, 0.15) is 0 Å². The zero-order chi connectivity index (χ0) is 14.5. The molecule has 0 radical (unpaired) electrons. The van der Waals surface area contributed by atoms with E-state index in [0.29, 0.717) is 5.56 Å². The van der Waals surface area contributed by atoms with Gasteiger partial charge in [-0.3, -0.25) is 4.79 Å². The van der Waals surface area contributed by atoms with Crippen molar-refractivity contribution in [2.75, 3.05) is 0 Å². The third-order valence-corrected chi connectivity index (χ3v) is 3.51. The van der Waals surface area contributed by atoms with Crippen molar-refractivity contribution in [2.45, 2.75) is 33.2 Å². The summed E-state index contributed by atoms with van der Waals surface area (Å²) < 4.78 is 0. The smallest absolute Gasteiger partial charge is 0.251 e. The largest absolute Gasteiger partial charge is 0.345 e. The minimum Gasteiger partial charge on any atom is -0.345 e. The van der Waals surface area contributed by atoms with Gasteiger partial charge in [-0.1, -0.05) is 54.4 Å². The fraction of sp³-hybridized carbons (Fsp3) is 0.278. The first-order valence-electron chi connectivity index (χ1n) is 7.04. The Morgan fingerprint density at radius 1 is 0.950 bits per heavy atom. The molecular formula is C18H21NO. The molecule has 0 aliphatic carbocycles. The summed E-state index contributed by atoms with van der Waals surface area (Å²) in [6.07, 6.45) is 0.876. The first kappa shape index (κ1) is 14.3. The summed E-state index contributed by atoms with van der Waals surface area (Å²) in [5.74, 6) is -0.0163. The van der Waals surface area contributed by atoms with Gasteiger partial charge in [0.25, 0.3) is 5.91 Å². The molecule has 1 atom stereocenters. The van der Waals surface area contributed by atoms with Crippen LogP contribution in [0.2, 0.25) is 0 Å². The predicted molar refractivity (Wildman–Crippen MR) is 82.9 cm³/mol. The van der Waals surface area contributed by atoms with Crippen LogP contribution in [-0.2, 0) is 0 Å². The normalized spacial score (nSPS) is 11.9.